The van der Waals surface area contributed by atoms with Crippen molar-refractivity contribution in [1.29, 1.82) is 0 Å². The summed E-state index contributed by atoms with van der Waals surface area (Å²) < 4.78 is 7.96. The van der Waals surface area contributed by atoms with Gasteiger partial charge in [-0.15, -0.1) is 0 Å². The summed E-state index contributed by atoms with van der Waals surface area (Å²) in [5.74, 6) is 0.0216. The lowest BCUT2D eigenvalue weighted by atomic mass is 10.2. The number of rotatable bonds is 6. The molecule has 1 atom stereocenters. The van der Waals surface area contributed by atoms with Crippen LogP contribution in [0.3, 0.4) is 0 Å². The standard InChI is InChI=1S/C24H22N4O3S/c1-16(22(29)26-15-17-10-12-25-13-11-17)28-20-8-3-4-9-21(20)32-24(28)27-23(30)18-6-5-7-19(14-18)31-2/h3-14,16H,15H2,1-2H3,(H,26,29). The lowest BCUT2D eigenvalue weighted by Crippen LogP contribution is -2.34. The number of carbonyl (C=O) groups is 2. The van der Waals surface area contributed by atoms with Gasteiger partial charge in [0.15, 0.2) is 4.80 Å². The lowest BCUT2D eigenvalue weighted by Gasteiger charge is -2.15. The molecule has 0 radical (unpaired) electrons. The number of hydrogen-bond acceptors (Lipinski definition) is 5. The highest BCUT2D eigenvalue weighted by Gasteiger charge is 2.20. The summed E-state index contributed by atoms with van der Waals surface area (Å²) in [4.78, 5) is 34.7. The van der Waals surface area contributed by atoms with Gasteiger partial charge in [-0.2, -0.15) is 4.99 Å². The molecule has 162 valence electrons. The average molecular weight is 447 g/mol. The van der Waals surface area contributed by atoms with E-state index < -0.39 is 11.9 Å². The second-order valence-corrected chi connectivity index (χ2v) is 8.13. The number of ether oxygens (including phenoxy) is 1. The molecule has 2 amide bonds. The van der Waals surface area contributed by atoms with E-state index in [0.717, 1.165) is 15.8 Å². The minimum absolute atomic E-state index is 0.166. The van der Waals surface area contributed by atoms with E-state index >= 15 is 0 Å². The third-order valence-electron chi connectivity index (χ3n) is 5.03. The van der Waals surface area contributed by atoms with Gasteiger partial charge in [-0.25, -0.2) is 0 Å². The third-order valence-corrected chi connectivity index (χ3v) is 6.06. The van der Waals surface area contributed by atoms with Gasteiger partial charge < -0.3 is 14.6 Å². The summed E-state index contributed by atoms with van der Waals surface area (Å²) in [5, 5.41) is 2.95. The Bertz CT molecular complexity index is 1330. The number of carbonyl (C=O) groups excluding carboxylic acids is 2. The van der Waals surface area contributed by atoms with Crippen molar-refractivity contribution in [3.05, 3.63) is 89.0 Å². The van der Waals surface area contributed by atoms with Crippen LogP contribution in [0.5, 0.6) is 5.75 Å². The monoisotopic (exact) mass is 446 g/mol. The molecule has 1 N–H and O–H groups in total. The van der Waals surface area contributed by atoms with E-state index in [9.17, 15) is 9.59 Å². The Labute approximate surface area is 189 Å². The van der Waals surface area contributed by atoms with Crippen molar-refractivity contribution in [2.24, 2.45) is 4.99 Å². The maximum absolute atomic E-state index is 13.0. The van der Waals surface area contributed by atoms with Crippen molar-refractivity contribution in [3.8, 4) is 5.75 Å². The zero-order valence-electron chi connectivity index (χ0n) is 17.7. The van der Waals surface area contributed by atoms with E-state index in [4.69, 9.17) is 4.74 Å². The number of pyridine rings is 1. The zero-order chi connectivity index (χ0) is 22.5. The van der Waals surface area contributed by atoms with Crippen LogP contribution in [-0.4, -0.2) is 28.5 Å². The Morgan fingerprint density at radius 3 is 2.69 bits per heavy atom. The van der Waals surface area contributed by atoms with Crippen molar-refractivity contribution in [2.75, 3.05) is 7.11 Å². The Kier molecular flexibility index (Phi) is 6.42. The summed E-state index contributed by atoms with van der Waals surface area (Å²) in [6.45, 7) is 2.19. The molecule has 2 aromatic heterocycles. The van der Waals surface area contributed by atoms with Gasteiger partial charge in [0.25, 0.3) is 5.91 Å². The number of fused-ring (bicyclic) bond motifs is 1. The number of methoxy groups -OCH3 is 1. The number of nitrogens with zero attached hydrogens (tertiary/aromatic N) is 3. The molecule has 0 fully saturated rings. The van der Waals surface area contributed by atoms with Gasteiger partial charge in [-0.1, -0.05) is 29.5 Å². The number of nitrogens with one attached hydrogen (secondary N) is 1. The Morgan fingerprint density at radius 2 is 1.91 bits per heavy atom. The molecule has 0 aliphatic carbocycles. The van der Waals surface area contributed by atoms with E-state index in [0.29, 0.717) is 22.7 Å². The molecule has 0 aliphatic rings. The van der Waals surface area contributed by atoms with Crippen molar-refractivity contribution in [3.63, 3.8) is 0 Å². The second-order valence-electron chi connectivity index (χ2n) is 7.12. The average Bonchev–Trinajstić information content (AvgIpc) is 3.20. The molecule has 2 aromatic carbocycles. The van der Waals surface area contributed by atoms with Crippen molar-refractivity contribution >= 4 is 33.4 Å². The molecule has 0 saturated carbocycles. The van der Waals surface area contributed by atoms with Crippen LogP contribution >= 0.6 is 11.3 Å². The molecule has 4 aromatic rings. The number of benzene rings is 2. The first kappa shape index (κ1) is 21.5. The third kappa shape index (κ3) is 4.60. The van der Waals surface area contributed by atoms with Crippen LogP contribution in [0.1, 0.15) is 28.9 Å². The van der Waals surface area contributed by atoms with Crippen LogP contribution in [0.15, 0.2) is 78.0 Å². The fourth-order valence-electron chi connectivity index (χ4n) is 3.31. The molecule has 0 saturated heterocycles. The molecular formula is C24H22N4O3S. The summed E-state index contributed by atoms with van der Waals surface area (Å²) >= 11 is 1.37. The number of aromatic nitrogens is 2. The summed E-state index contributed by atoms with van der Waals surface area (Å²) in [5.41, 5.74) is 2.23. The predicted molar refractivity (Wildman–Crippen MR) is 123 cm³/mol. The highest BCUT2D eigenvalue weighted by Crippen LogP contribution is 2.21. The molecule has 2 heterocycles. The minimum atomic E-state index is -0.565. The highest BCUT2D eigenvalue weighted by atomic mass is 32.1. The SMILES string of the molecule is COc1cccc(C(=O)N=c2sc3ccccc3n2C(C)C(=O)NCc2ccncc2)c1. The lowest BCUT2D eigenvalue weighted by molar-refractivity contribution is -0.124. The number of hydrogen-bond donors (Lipinski definition) is 1. The van der Waals surface area contributed by atoms with E-state index in [1.807, 2.05) is 36.4 Å². The first-order valence-corrected chi connectivity index (χ1v) is 10.9. The van der Waals surface area contributed by atoms with Gasteiger partial charge in [-0.3, -0.25) is 14.6 Å². The van der Waals surface area contributed by atoms with Crippen molar-refractivity contribution in [1.82, 2.24) is 14.9 Å². The van der Waals surface area contributed by atoms with Gasteiger partial charge in [-0.05, 0) is 55.0 Å². The quantitative estimate of drug-likeness (QED) is 0.489. The fourth-order valence-corrected chi connectivity index (χ4v) is 4.40. The van der Waals surface area contributed by atoms with Gasteiger partial charge >= 0.3 is 0 Å². The Hall–Kier alpha value is -3.78. The minimum Gasteiger partial charge on any atom is -0.497 e. The zero-order valence-corrected chi connectivity index (χ0v) is 18.5. The molecule has 32 heavy (non-hydrogen) atoms. The normalized spacial score (nSPS) is 12.5. The second kappa shape index (κ2) is 9.57. The van der Waals surface area contributed by atoms with Crippen molar-refractivity contribution < 1.29 is 14.3 Å². The Morgan fingerprint density at radius 1 is 1.12 bits per heavy atom. The first-order chi connectivity index (χ1) is 15.6. The van der Waals surface area contributed by atoms with Gasteiger partial charge in [0.2, 0.25) is 5.91 Å². The smallest absolute Gasteiger partial charge is 0.279 e. The predicted octanol–water partition coefficient (Wildman–Crippen LogP) is 3.72. The summed E-state index contributed by atoms with van der Waals surface area (Å²) in [7, 11) is 1.55. The number of amides is 2. The maximum atomic E-state index is 13.0. The molecule has 0 spiro atoms. The van der Waals surface area contributed by atoms with E-state index in [2.05, 4.69) is 15.3 Å². The molecule has 4 rings (SSSR count). The van der Waals surface area contributed by atoms with Crippen LogP contribution in [0, 0.1) is 0 Å². The molecular weight excluding hydrogens is 424 g/mol. The largest absolute Gasteiger partial charge is 0.497 e. The summed E-state index contributed by atoms with van der Waals surface area (Å²) in [6, 6.07) is 17.7. The highest BCUT2D eigenvalue weighted by molar-refractivity contribution is 7.16. The van der Waals surface area contributed by atoms with Gasteiger partial charge in [0, 0.05) is 24.5 Å². The van der Waals surface area contributed by atoms with E-state index in [-0.39, 0.29) is 5.91 Å². The van der Waals surface area contributed by atoms with Crippen LogP contribution in [0.4, 0.5) is 0 Å². The van der Waals surface area contributed by atoms with E-state index in [1.165, 1.54) is 11.3 Å². The fraction of sp³-hybridized carbons (Fsp3) is 0.167. The van der Waals surface area contributed by atoms with Crippen molar-refractivity contribution in [2.45, 2.75) is 19.5 Å². The van der Waals surface area contributed by atoms with Gasteiger partial charge in [0.1, 0.15) is 11.8 Å². The van der Waals surface area contributed by atoms with Crippen LogP contribution in [0.25, 0.3) is 10.2 Å². The van der Waals surface area contributed by atoms with E-state index in [1.54, 1.807) is 55.3 Å². The molecule has 7 nitrogen and oxygen atoms in total. The first-order valence-electron chi connectivity index (χ1n) is 10.1. The molecule has 1 unspecified atom stereocenters. The summed E-state index contributed by atoms with van der Waals surface area (Å²) in [6.07, 6.45) is 3.38. The van der Waals surface area contributed by atoms with Gasteiger partial charge in [0.05, 0.1) is 17.3 Å². The number of thiazole rings is 1. The maximum Gasteiger partial charge on any atom is 0.279 e. The number of para-hydroxylation sites is 1. The molecule has 0 bridgehead atoms. The topological polar surface area (TPSA) is 85.6 Å². The van der Waals surface area contributed by atoms with Crippen LogP contribution in [0.2, 0.25) is 0 Å². The van der Waals surface area contributed by atoms with Crippen LogP contribution < -0.4 is 14.9 Å². The Balaban J connectivity index is 1.68. The molecule has 8 heteroatoms. The van der Waals surface area contributed by atoms with Crippen LogP contribution in [-0.2, 0) is 11.3 Å². The molecule has 0 aliphatic heterocycles.